The molecule has 1 aromatic rings. The van der Waals surface area contributed by atoms with Crippen LogP contribution in [0.2, 0.25) is 0 Å². The van der Waals surface area contributed by atoms with Crippen LogP contribution in [-0.4, -0.2) is 24.7 Å². The maximum atomic E-state index is 11.8. The molecule has 1 heterocycles. The van der Waals surface area contributed by atoms with Gasteiger partial charge < -0.3 is 10.6 Å². The van der Waals surface area contributed by atoms with Crippen molar-refractivity contribution in [1.29, 1.82) is 0 Å². The second-order valence-electron chi connectivity index (χ2n) is 3.40. The SMILES string of the molecule is NCCC(=O)N1CCSc2ccccc21. The molecule has 0 saturated heterocycles. The first kappa shape index (κ1) is 10.5. The van der Waals surface area contributed by atoms with Crippen molar-refractivity contribution in [2.45, 2.75) is 11.3 Å². The molecule has 2 N–H and O–H groups in total. The van der Waals surface area contributed by atoms with E-state index in [1.807, 2.05) is 23.1 Å². The number of para-hydroxylation sites is 1. The molecule has 2 rings (SSSR count). The van der Waals surface area contributed by atoms with Gasteiger partial charge in [0, 0.05) is 30.2 Å². The van der Waals surface area contributed by atoms with Crippen molar-refractivity contribution in [3.05, 3.63) is 24.3 Å². The average Bonchev–Trinajstić information content (AvgIpc) is 2.28. The highest BCUT2D eigenvalue weighted by molar-refractivity contribution is 7.99. The van der Waals surface area contributed by atoms with E-state index in [2.05, 4.69) is 6.07 Å². The van der Waals surface area contributed by atoms with Crippen LogP contribution >= 0.6 is 11.8 Å². The van der Waals surface area contributed by atoms with Gasteiger partial charge in [0.1, 0.15) is 0 Å². The van der Waals surface area contributed by atoms with Gasteiger partial charge in [-0.15, -0.1) is 11.8 Å². The average molecular weight is 222 g/mol. The summed E-state index contributed by atoms with van der Waals surface area (Å²) >= 11 is 1.80. The van der Waals surface area contributed by atoms with E-state index in [9.17, 15) is 4.79 Å². The van der Waals surface area contributed by atoms with Gasteiger partial charge in [0.15, 0.2) is 0 Å². The minimum Gasteiger partial charge on any atom is -0.330 e. The molecule has 1 amide bonds. The molecular formula is C11H14N2OS. The first-order valence-electron chi connectivity index (χ1n) is 5.05. The summed E-state index contributed by atoms with van der Waals surface area (Å²) in [7, 11) is 0. The highest BCUT2D eigenvalue weighted by atomic mass is 32.2. The molecular weight excluding hydrogens is 208 g/mol. The summed E-state index contributed by atoms with van der Waals surface area (Å²) in [5.74, 6) is 1.10. The van der Waals surface area contributed by atoms with Gasteiger partial charge in [0.25, 0.3) is 0 Å². The van der Waals surface area contributed by atoms with Gasteiger partial charge in [-0.1, -0.05) is 12.1 Å². The molecule has 4 heteroatoms. The molecule has 15 heavy (non-hydrogen) atoms. The summed E-state index contributed by atoms with van der Waals surface area (Å²) in [6, 6.07) is 8.02. The van der Waals surface area contributed by atoms with Gasteiger partial charge in [0.05, 0.1) is 5.69 Å². The molecule has 0 bridgehead atoms. The Bertz CT molecular complexity index is 367. The van der Waals surface area contributed by atoms with Crippen molar-refractivity contribution >= 4 is 23.4 Å². The Balaban J connectivity index is 2.25. The number of benzene rings is 1. The molecule has 0 aromatic heterocycles. The lowest BCUT2D eigenvalue weighted by Gasteiger charge is -2.28. The van der Waals surface area contributed by atoms with E-state index in [1.165, 1.54) is 4.90 Å². The fourth-order valence-electron chi connectivity index (χ4n) is 1.69. The third kappa shape index (κ3) is 2.16. The zero-order valence-corrected chi connectivity index (χ0v) is 9.30. The quantitative estimate of drug-likeness (QED) is 0.824. The van der Waals surface area contributed by atoms with Crippen LogP contribution in [0.3, 0.4) is 0 Å². The van der Waals surface area contributed by atoms with Gasteiger partial charge >= 0.3 is 0 Å². The summed E-state index contributed by atoms with van der Waals surface area (Å²) in [6.45, 7) is 1.21. The Morgan fingerprint density at radius 2 is 2.27 bits per heavy atom. The molecule has 1 aliphatic heterocycles. The summed E-state index contributed by atoms with van der Waals surface area (Å²) in [4.78, 5) is 14.8. The maximum absolute atomic E-state index is 11.8. The van der Waals surface area contributed by atoms with E-state index >= 15 is 0 Å². The highest BCUT2D eigenvalue weighted by Gasteiger charge is 2.21. The standard InChI is InChI=1S/C11H14N2OS/c12-6-5-11(14)13-7-8-15-10-4-2-1-3-9(10)13/h1-4H,5-8,12H2. The third-order valence-electron chi connectivity index (χ3n) is 2.39. The van der Waals surface area contributed by atoms with Crippen LogP contribution in [0.1, 0.15) is 6.42 Å². The van der Waals surface area contributed by atoms with Crippen molar-refractivity contribution in [3.63, 3.8) is 0 Å². The van der Waals surface area contributed by atoms with Crippen molar-refractivity contribution in [1.82, 2.24) is 0 Å². The lowest BCUT2D eigenvalue weighted by molar-refractivity contribution is -0.118. The fraction of sp³-hybridized carbons (Fsp3) is 0.364. The van der Waals surface area contributed by atoms with Crippen LogP contribution in [0, 0.1) is 0 Å². The van der Waals surface area contributed by atoms with E-state index in [-0.39, 0.29) is 5.91 Å². The predicted molar refractivity (Wildman–Crippen MR) is 63.2 cm³/mol. The van der Waals surface area contributed by atoms with E-state index in [0.717, 1.165) is 18.0 Å². The van der Waals surface area contributed by atoms with Crippen LogP contribution in [-0.2, 0) is 4.79 Å². The van der Waals surface area contributed by atoms with Crippen LogP contribution in [0.15, 0.2) is 29.2 Å². The van der Waals surface area contributed by atoms with Crippen LogP contribution in [0.25, 0.3) is 0 Å². The Kier molecular flexibility index (Phi) is 3.28. The molecule has 0 unspecified atom stereocenters. The highest BCUT2D eigenvalue weighted by Crippen LogP contribution is 2.34. The number of anilines is 1. The molecule has 0 spiro atoms. The Labute approximate surface area is 93.6 Å². The molecule has 0 aliphatic carbocycles. The molecule has 80 valence electrons. The number of thioether (sulfide) groups is 1. The molecule has 0 saturated carbocycles. The second-order valence-corrected chi connectivity index (χ2v) is 4.54. The summed E-state index contributed by atoms with van der Waals surface area (Å²) in [5, 5.41) is 0. The Morgan fingerprint density at radius 3 is 3.07 bits per heavy atom. The van der Waals surface area contributed by atoms with Crippen molar-refractivity contribution in [3.8, 4) is 0 Å². The van der Waals surface area contributed by atoms with E-state index < -0.39 is 0 Å². The van der Waals surface area contributed by atoms with Crippen LogP contribution in [0.5, 0.6) is 0 Å². The number of fused-ring (bicyclic) bond motifs is 1. The Morgan fingerprint density at radius 1 is 1.47 bits per heavy atom. The molecule has 1 aromatic carbocycles. The smallest absolute Gasteiger partial charge is 0.228 e. The normalized spacial score (nSPS) is 14.9. The van der Waals surface area contributed by atoms with Crippen molar-refractivity contribution in [2.75, 3.05) is 23.7 Å². The van der Waals surface area contributed by atoms with Crippen LogP contribution in [0.4, 0.5) is 5.69 Å². The van der Waals surface area contributed by atoms with Gasteiger partial charge in [0.2, 0.25) is 5.91 Å². The Hall–Kier alpha value is -1.00. The van der Waals surface area contributed by atoms with Gasteiger partial charge in [-0.3, -0.25) is 4.79 Å². The number of nitrogens with zero attached hydrogens (tertiary/aromatic N) is 1. The molecule has 0 fully saturated rings. The zero-order valence-electron chi connectivity index (χ0n) is 8.48. The van der Waals surface area contributed by atoms with Gasteiger partial charge in [-0.25, -0.2) is 0 Å². The largest absolute Gasteiger partial charge is 0.330 e. The predicted octanol–water partition coefficient (Wildman–Crippen LogP) is 1.47. The molecule has 0 atom stereocenters. The number of carbonyl (C=O) groups excluding carboxylic acids is 1. The van der Waals surface area contributed by atoms with Crippen molar-refractivity contribution in [2.24, 2.45) is 5.73 Å². The number of hydrogen-bond acceptors (Lipinski definition) is 3. The molecule has 3 nitrogen and oxygen atoms in total. The first-order valence-corrected chi connectivity index (χ1v) is 6.04. The number of carbonyl (C=O) groups is 1. The van der Waals surface area contributed by atoms with E-state index in [1.54, 1.807) is 11.8 Å². The second kappa shape index (κ2) is 4.68. The third-order valence-corrected chi connectivity index (χ3v) is 3.43. The lowest BCUT2D eigenvalue weighted by Crippen LogP contribution is -2.36. The first-order chi connectivity index (χ1) is 7.33. The monoisotopic (exact) mass is 222 g/mol. The summed E-state index contributed by atoms with van der Waals surface area (Å²) < 4.78 is 0. The number of nitrogens with two attached hydrogens (primary N) is 1. The molecule has 1 aliphatic rings. The number of rotatable bonds is 2. The lowest BCUT2D eigenvalue weighted by atomic mass is 10.2. The van der Waals surface area contributed by atoms with Crippen molar-refractivity contribution < 1.29 is 4.79 Å². The topological polar surface area (TPSA) is 46.3 Å². The summed E-state index contributed by atoms with van der Waals surface area (Å²) in [5.41, 5.74) is 6.44. The summed E-state index contributed by atoms with van der Waals surface area (Å²) in [6.07, 6.45) is 0.430. The van der Waals surface area contributed by atoms with E-state index in [4.69, 9.17) is 5.73 Å². The number of hydrogen-bond donors (Lipinski definition) is 1. The maximum Gasteiger partial charge on any atom is 0.228 e. The number of amides is 1. The zero-order chi connectivity index (χ0) is 10.7. The van der Waals surface area contributed by atoms with Gasteiger partial charge in [-0.05, 0) is 12.1 Å². The fourth-order valence-corrected chi connectivity index (χ4v) is 2.68. The van der Waals surface area contributed by atoms with Crippen LogP contribution < -0.4 is 10.6 Å². The van der Waals surface area contributed by atoms with E-state index in [0.29, 0.717) is 13.0 Å². The van der Waals surface area contributed by atoms with Gasteiger partial charge in [-0.2, -0.15) is 0 Å². The molecule has 0 radical (unpaired) electrons. The minimum atomic E-state index is 0.130. The minimum absolute atomic E-state index is 0.130.